The number of hydrogen-bond acceptors (Lipinski definition) is 5. The van der Waals surface area contributed by atoms with Gasteiger partial charge in [0.2, 0.25) is 4.38 Å². The fourth-order valence-electron chi connectivity index (χ4n) is 2.62. The number of ether oxygens (including phenoxy) is 1. The molecule has 5 heteroatoms. The molecule has 0 aliphatic carbocycles. The molecule has 0 aliphatic rings. The maximum Gasteiger partial charge on any atom is 0.319 e. The van der Waals surface area contributed by atoms with Crippen LogP contribution in [-0.2, 0) is 14.3 Å². The highest BCUT2D eigenvalue weighted by atomic mass is 32.2. The van der Waals surface area contributed by atoms with Crippen LogP contribution in [0.5, 0.6) is 0 Å². The molecule has 0 heterocycles. The van der Waals surface area contributed by atoms with Gasteiger partial charge in [-0.15, -0.1) is 0 Å². The standard InChI is InChI=1S/C21H24O3S2/c1-5-19(22)14(3)12-26-21(25)24-20(23)15(4)16-8-9-17-10-13(2)6-7-18(17)11-16/h6-11,14-15H,5,12H2,1-4H3/t14?,15-/m0/s1. The van der Waals surface area contributed by atoms with E-state index in [2.05, 4.69) is 25.1 Å². The predicted molar refractivity (Wildman–Crippen MR) is 113 cm³/mol. The van der Waals surface area contributed by atoms with Crippen molar-refractivity contribution in [3.05, 3.63) is 47.5 Å². The van der Waals surface area contributed by atoms with E-state index in [-0.39, 0.29) is 22.1 Å². The first-order chi connectivity index (χ1) is 12.3. The van der Waals surface area contributed by atoms with Crippen molar-refractivity contribution in [3.63, 3.8) is 0 Å². The van der Waals surface area contributed by atoms with Crippen molar-refractivity contribution >= 4 is 50.9 Å². The molecule has 0 bridgehead atoms. The summed E-state index contributed by atoms with van der Waals surface area (Å²) >= 11 is 6.38. The zero-order valence-corrected chi connectivity index (χ0v) is 17.2. The van der Waals surface area contributed by atoms with E-state index in [4.69, 9.17) is 17.0 Å². The molecule has 0 saturated heterocycles. The summed E-state index contributed by atoms with van der Waals surface area (Å²) in [6, 6.07) is 12.2. The van der Waals surface area contributed by atoms with E-state index in [1.165, 1.54) is 17.3 Å². The van der Waals surface area contributed by atoms with Crippen LogP contribution in [0.1, 0.15) is 44.2 Å². The van der Waals surface area contributed by atoms with Gasteiger partial charge in [-0.1, -0.05) is 67.6 Å². The van der Waals surface area contributed by atoms with Gasteiger partial charge < -0.3 is 4.74 Å². The third-order valence-electron chi connectivity index (χ3n) is 4.41. The molecule has 3 nitrogen and oxygen atoms in total. The van der Waals surface area contributed by atoms with Gasteiger partial charge in [-0.2, -0.15) is 0 Å². The van der Waals surface area contributed by atoms with Crippen LogP contribution in [0, 0.1) is 12.8 Å². The quantitative estimate of drug-likeness (QED) is 0.488. The minimum Gasteiger partial charge on any atom is -0.408 e. The molecule has 2 atom stereocenters. The van der Waals surface area contributed by atoms with E-state index in [0.29, 0.717) is 12.2 Å². The summed E-state index contributed by atoms with van der Waals surface area (Å²) in [5.74, 6) is -0.158. The number of ketones is 1. The van der Waals surface area contributed by atoms with Crippen LogP contribution < -0.4 is 0 Å². The molecule has 0 fully saturated rings. The molecule has 26 heavy (non-hydrogen) atoms. The Hall–Kier alpha value is -1.72. The number of hydrogen-bond donors (Lipinski definition) is 0. The largest absolute Gasteiger partial charge is 0.408 e. The van der Waals surface area contributed by atoms with E-state index in [9.17, 15) is 9.59 Å². The third kappa shape index (κ3) is 5.39. The minimum atomic E-state index is -0.408. The maximum absolute atomic E-state index is 12.4. The smallest absolute Gasteiger partial charge is 0.319 e. The molecule has 0 radical (unpaired) electrons. The van der Waals surface area contributed by atoms with E-state index in [0.717, 1.165) is 16.3 Å². The first-order valence-electron chi connectivity index (χ1n) is 8.73. The van der Waals surface area contributed by atoms with Crippen LogP contribution in [-0.4, -0.2) is 21.9 Å². The van der Waals surface area contributed by atoms with Gasteiger partial charge in [-0.25, -0.2) is 0 Å². The highest BCUT2D eigenvalue weighted by molar-refractivity contribution is 8.22. The van der Waals surface area contributed by atoms with Crippen LogP contribution >= 0.6 is 24.0 Å². The number of carbonyl (C=O) groups is 2. The summed E-state index contributed by atoms with van der Waals surface area (Å²) in [6.07, 6.45) is 0.507. The number of fused-ring (bicyclic) bond motifs is 1. The molecule has 2 aromatic carbocycles. The zero-order chi connectivity index (χ0) is 19.3. The molecular formula is C21H24O3S2. The number of esters is 1. The average Bonchev–Trinajstić information content (AvgIpc) is 2.64. The van der Waals surface area contributed by atoms with Crippen molar-refractivity contribution in [1.82, 2.24) is 0 Å². The Morgan fingerprint density at radius 1 is 1.12 bits per heavy atom. The Morgan fingerprint density at radius 2 is 1.77 bits per heavy atom. The second-order valence-corrected chi connectivity index (χ2v) is 8.16. The van der Waals surface area contributed by atoms with Gasteiger partial charge in [0.05, 0.1) is 5.92 Å². The van der Waals surface area contributed by atoms with Crippen LogP contribution in [0.3, 0.4) is 0 Å². The Kier molecular flexibility index (Phi) is 7.35. The van der Waals surface area contributed by atoms with Crippen LogP contribution in [0.15, 0.2) is 36.4 Å². The number of aryl methyl sites for hydroxylation is 1. The van der Waals surface area contributed by atoms with Gasteiger partial charge in [0.25, 0.3) is 0 Å². The van der Waals surface area contributed by atoms with Gasteiger partial charge in [-0.3, -0.25) is 9.59 Å². The Bertz CT molecular complexity index is 829. The average molecular weight is 389 g/mol. The summed E-state index contributed by atoms with van der Waals surface area (Å²) in [4.78, 5) is 24.0. The molecule has 0 aromatic heterocycles. The predicted octanol–water partition coefficient (Wildman–Crippen LogP) is 5.43. The lowest BCUT2D eigenvalue weighted by atomic mass is 9.97. The molecule has 0 amide bonds. The van der Waals surface area contributed by atoms with Crippen molar-refractivity contribution in [2.75, 3.05) is 5.75 Å². The fraction of sp³-hybridized carbons (Fsp3) is 0.381. The van der Waals surface area contributed by atoms with Crippen LogP contribution in [0.2, 0.25) is 0 Å². The van der Waals surface area contributed by atoms with E-state index >= 15 is 0 Å². The summed E-state index contributed by atoms with van der Waals surface area (Å²) < 4.78 is 5.48. The summed E-state index contributed by atoms with van der Waals surface area (Å²) in [7, 11) is 0. The van der Waals surface area contributed by atoms with Crippen LogP contribution in [0.4, 0.5) is 0 Å². The second kappa shape index (κ2) is 9.28. The molecule has 138 valence electrons. The Labute approximate surface area is 164 Å². The van der Waals surface area contributed by atoms with Gasteiger partial charge in [0.15, 0.2) is 0 Å². The zero-order valence-electron chi connectivity index (χ0n) is 15.6. The number of Topliss-reactive ketones (excluding diaryl/α,β-unsaturated/α-hetero) is 1. The number of carbonyl (C=O) groups excluding carboxylic acids is 2. The summed E-state index contributed by atoms with van der Waals surface area (Å²) in [6.45, 7) is 7.58. The van der Waals surface area contributed by atoms with E-state index in [1.807, 2.05) is 39.0 Å². The van der Waals surface area contributed by atoms with Crippen molar-refractivity contribution < 1.29 is 14.3 Å². The molecule has 2 rings (SSSR count). The normalized spacial score (nSPS) is 13.2. The highest BCUT2D eigenvalue weighted by Crippen LogP contribution is 2.24. The fourth-order valence-corrected chi connectivity index (χ4v) is 3.62. The van der Waals surface area contributed by atoms with Gasteiger partial charge in [0, 0.05) is 18.1 Å². The van der Waals surface area contributed by atoms with Gasteiger partial charge in [0.1, 0.15) is 5.78 Å². The molecule has 0 spiro atoms. The topological polar surface area (TPSA) is 43.4 Å². The third-order valence-corrected chi connectivity index (χ3v) is 5.83. The number of thiocarbonyl (C=S) groups is 1. The van der Waals surface area contributed by atoms with E-state index in [1.54, 1.807) is 0 Å². The molecular weight excluding hydrogens is 364 g/mol. The first-order valence-corrected chi connectivity index (χ1v) is 10.1. The van der Waals surface area contributed by atoms with Gasteiger partial charge >= 0.3 is 5.97 Å². The second-order valence-electron chi connectivity index (χ2n) is 6.53. The number of benzene rings is 2. The molecule has 0 aliphatic heterocycles. The van der Waals surface area contributed by atoms with Crippen molar-refractivity contribution in [2.45, 2.75) is 40.0 Å². The lowest BCUT2D eigenvalue weighted by Crippen LogP contribution is -2.17. The van der Waals surface area contributed by atoms with Crippen molar-refractivity contribution in [2.24, 2.45) is 5.92 Å². The highest BCUT2D eigenvalue weighted by Gasteiger charge is 2.20. The molecule has 1 unspecified atom stereocenters. The minimum absolute atomic E-state index is 0.0944. The lowest BCUT2D eigenvalue weighted by molar-refractivity contribution is -0.136. The number of rotatable bonds is 6. The van der Waals surface area contributed by atoms with E-state index < -0.39 is 5.92 Å². The molecule has 0 saturated carbocycles. The maximum atomic E-state index is 12.4. The Morgan fingerprint density at radius 3 is 2.46 bits per heavy atom. The molecule has 2 aromatic rings. The van der Waals surface area contributed by atoms with Crippen LogP contribution in [0.25, 0.3) is 10.8 Å². The van der Waals surface area contributed by atoms with Crippen molar-refractivity contribution in [3.8, 4) is 0 Å². The monoisotopic (exact) mass is 388 g/mol. The summed E-state index contributed by atoms with van der Waals surface area (Å²) in [5.41, 5.74) is 2.10. The SMILES string of the molecule is CCC(=O)C(C)CSC(=S)OC(=O)[C@@H](C)c1ccc2cc(C)ccc2c1. The first kappa shape index (κ1) is 20.6. The Balaban J connectivity index is 1.97. The van der Waals surface area contributed by atoms with Crippen molar-refractivity contribution in [1.29, 1.82) is 0 Å². The molecule has 0 N–H and O–H groups in total. The van der Waals surface area contributed by atoms with Gasteiger partial charge in [-0.05, 0) is 42.4 Å². The summed E-state index contributed by atoms with van der Waals surface area (Å²) in [5, 5.41) is 2.24. The lowest BCUT2D eigenvalue weighted by Gasteiger charge is -2.14. The number of thioether (sulfide) groups is 1.